The molecular formula is C11H17NO5. The molecule has 2 rings (SSSR count). The van der Waals surface area contributed by atoms with Crippen LogP contribution in [0.15, 0.2) is 0 Å². The number of carbonyl (C=O) groups is 2. The molecule has 0 aromatic carbocycles. The summed E-state index contributed by atoms with van der Waals surface area (Å²) in [7, 11) is 0. The largest absolute Gasteiger partial charge is 0.481 e. The Morgan fingerprint density at radius 3 is 2.82 bits per heavy atom. The van der Waals surface area contributed by atoms with Crippen molar-refractivity contribution in [1.82, 2.24) is 4.90 Å². The number of hydrogen-bond donors (Lipinski definition) is 1. The van der Waals surface area contributed by atoms with Crippen molar-refractivity contribution in [2.75, 3.05) is 26.4 Å². The van der Waals surface area contributed by atoms with Gasteiger partial charge in [-0.05, 0) is 12.8 Å². The van der Waals surface area contributed by atoms with E-state index in [1.807, 2.05) is 0 Å². The van der Waals surface area contributed by atoms with Gasteiger partial charge in [0.2, 0.25) is 0 Å². The maximum atomic E-state index is 12.1. The number of nitrogens with zero attached hydrogens (tertiary/aromatic N) is 1. The van der Waals surface area contributed by atoms with E-state index in [1.165, 1.54) is 0 Å². The van der Waals surface area contributed by atoms with Crippen molar-refractivity contribution in [2.24, 2.45) is 0 Å². The Balaban J connectivity index is 1.99. The molecule has 0 aromatic heterocycles. The number of carbonyl (C=O) groups excluding carboxylic acids is 1. The molecule has 1 unspecified atom stereocenters. The van der Waals surface area contributed by atoms with Crippen molar-refractivity contribution in [1.29, 1.82) is 0 Å². The van der Waals surface area contributed by atoms with E-state index in [0.29, 0.717) is 26.4 Å². The highest BCUT2D eigenvalue weighted by Crippen LogP contribution is 2.19. The van der Waals surface area contributed by atoms with E-state index in [-0.39, 0.29) is 24.5 Å². The standard InChI is InChI=1S/C11H17NO5/c13-10(14)6-8-7-16-5-3-12(8)11(15)9-2-1-4-17-9/h8-9H,1-7H2,(H,13,14)/t8?,9-/m1/s1. The molecule has 0 spiro atoms. The average Bonchev–Trinajstić information content (AvgIpc) is 2.81. The predicted molar refractivity (Wildman–Crippen MR) is 57.5 cm³/mol. The van der Waals surface area contributed by atoms with E-state index in [1.54, 1.807) is 4.90 Å². The summed E-state index contributed by atoms with van der Waals surface area (Å²) in [6.45, 7) is 1.83. The fourth-order valence-electron chi connectivity index (χ4n) is 2.27. The van der Waals surface area contributed by atoms with Crippen LogP contribution >= 0.6 is 0 Å². The Bertz CT molecular complexity index is 300. The van der Waals surface area contributed by atoms with Gasteiger partial charge < -0.3 is 19.5 Å². The second kappa shape index (κ2) is 5.46. The number of hydrogen-bond acceptors (Lipinski definition) is 4. The quantitative estimate of drug-likeness (QED) is 0.747. The second-order valence-electron chi connectivity index (χ2n) is 4.36. The lowest BCUT2D eigenvalue weighted by Crippen LogP contribution is -2.52. The highest BCUT2D eigenvalue weighted by molar-refractivity contribution is 5.82. The molecule has 0 bridgehead atoms. The number of carboxylic acids is 1. The Morgan fingerprint density at radius 1 is 1.35 bits per heavy atom. The Morgan fingerprint density at radius 2 is 2.18 bits per heavy atom. The normalized spacial score (nSPS) is 29.3. The second-order valence-corrected chi connectivity index (χ2v) is 4.36. The van der Waals surface area contributed by atoms with Gasteiger partial charge in [0.1, 0.15) is 6.10 Å². The maximum Gasteiger partial charge on any atom is 0.305 e. The predicted octanol–water partition coefficient (Wildman–Crippen LogP) is -0.133. The van der Waals surface area contributed by atoms with Crippen molar-refractivity contribution in [2.45, 2.75) is 31.4 Å². The third-order valence-corrected chi connectivity index (χ3v) is 3.13. The summed E-state index contributed by atoms with van der Waals surface area (Å²) >= 11 is 0. The fraction of sp³-hybridized carbons (Fsp3) is 0.818. The number of rotatable bonds is 3. The van der Waals surface area contributed by atoms with Gasteiger partial charge in [0.05, 0.1) is 25.7 Å². The van der Waals surface area contributed by atoms with Gasteiger partial charge in [0.25, 0.3) is 5.91 Å². The van der Waals surface area contributed by atoms with Gasteiger partial charge in [-0.25, -0.2) is 0 Å². The van der Waals surface area contributed by atoms with Crippen LogP contribution in [-0.2, 0) is 19.1 Å². The molecule has 2 atom stereocenters. The molecule has 0 radical (unpaired) electrons. The molecule has 2 heterocycles. The van der Waals surface area contributed by atoms with Crippen LogP contribution in [0, 0.1) is 0 Å². The molecule has 1 amide bonds. The molecule has 2 saturated heterocycles. The highest BCUT2D eigenvalue weighted by atomic mass is 16.5. The molecule has 2 fully saturated rings. The van der Waals surface area contributed by atoms with Gasteiger partial charge >= 0.3 is 5.97 Å². The number of morpholine rings is 1. The third kappa shape index (κ3) is 2.95. The van der Waals surface area contributed by atoms with Crippen molar-refractivity contribution in [3.8, 4) is 0 Å². The SMILES string of the molecule is O=C(O)CC1COCCN1C(=O)[C@H]1CCCO1. The van der Waals surface area contributed by atoms with Gasteiger partial charge in [0.15, 0.2) is 0 Å². The monoisotopic (exact) mass is 243 g/mol. The summed E-state index contributed by atoms with van der Waals surface area (Å²) in [5.41, 5.74) is 0. The Hall–Kier alpha value is -1.14. The first-order valence-electron chi connectivity index (χ1n) is 5.90. The van der Waals surface area contributed by atoms with Crippen LogP contribution in [-0.4, -0.2) is 60.4 Å². The average molecular weight is 243 g/mol. The van der Waals surface area contributed by atoms with Crippen molar-refractivity contribution < 1.29 is 24.2 Å². The van der Waals surface area contributed by atoms with Crippen molar-refractivity contribution >= 4 is 11.9 Å². The topological polar surface area (TPSA) is 76.1 Å². The first-order chi connectivity index (χ1) is 8.18. The van der Waals surface area contributed by atoms with Gasteiger partial charge in [0, 0.05) is 13.2 Å². The van der Waals surface area contributed by atoms with Crippen LogP contribution in [0.3, 0.4) is 0 Å². The van der Waals surface area contributed by atoms with Crippen LogP contribution in [0.5, 0.6) is 0 Å². The van der Waals surface area contributed by atoms with E-state index < -0.39 is 5.97 Å². The van der Waals surface area contributed by atoms with Gasteiger partial charge in [-0.1, -0.05) is 0 Å². The van der Waals surface area contributed by atoms with Crippen LogP contribution in [0.25, 0.3) is 0 Å². The molecule has 96 valence electrons. The van der Waals surface area contributed by atoms with Crippen molar-refractivity contribution in [3.05, 3.63) is 0 Å². The summed E-state index contributed by atoms with van der Waals surface area (Å²) in [4.78, 5) is 24.5. The van der Waals surface area contributed by atoms with E-state index in [0.717, 1.165) is 12.8 Å². The lowest BCUT2D eigenvalue weighted by Gasteiger charge is -2.36. The summed E-state index contributed by atoms with van der Waals surface area (Å²) in [6.07, 6.45) is 1.17. The van der Waals surface area contributed by atoms with Gasteiger partial charge in [-0.2, -0.15) is 0 Å². The van der Waals surface area contributed by atoms with Gasteiger partial charge in [-0.15, -0.1) is 0 Å². The minimum Gasteiger partial charge on any atom is -0.481 e. The van der Waals surface area contributed by atoms with E-state index in [2.05, 4.69) is 0 Å². The van der Waals surface area contributed by atoms with Crippen LogP contribution in [0.2, 0.25) is 0 Å². The minimum atomic E-state index is -0.911. The summed E-state index contributed by atoms with van der Waals surface area (Å²) in [6, 6.07) is -0.363. The smallest absolute Gasteiger partial charge is 0.305 e. The first kappa shape index (κ1) is 12.3. The summed E-state index contributed by atoms with van der Waals surface area (Å²) in [5.74, 6) is -0.998. The maximum absolute atomic E-state index is 12.1. The molecule has 6 nitrogen and oxygen atoms in total. The van der Waals surface area contributed by atoms with E-state index >= 15 is 0 Å². The summed E-state index contributed by atoms with van der Waals surface area (Å²) in [5, 5.41) is 8.81. The van der Waals surface area contributed by atoms with E-state index in [9.17, 15) is 9.59 Å². The number of aliphatic carboxylic acids is 1. The van der Waals surface area contributed by atoms with Crippen LogP contribution < -0.4 is 0 Å². The number of amides is 1. The molecular weight excluding hydrogens is 226 g/mol. The Kier molecular flexibility index (Phi) is 3.96. The van der Waals surface area contributed by atoms with Crippen molar-refractivity contribution in [3.63, 3.8) is 0 Å². The lowest BCUT2D eigenvalue weighted by molar-refractivity contribution is -0.153. The zero-order chi connectivity index (χ0) is 12.3. The Labute approximate surface area is 99.5 Å². The third-order valence-electron chi connectivity index (χ3n) is 3.13. The summed E-state index contributed by atoms with van der Waals surface area (Å²) < 4.78 is 10.6. The number of carboxylic acid groups (broad SMARTS) is 1. The van der Waals surface area contributed by atoms with Crippen LogP contribution in [0.1, 0.15) is 19.3 Å². The van der Waals surface area contributed by atoms with Gasteiger partial charge in [-0.3, -0.25) is 9.59 Å². The zero-order valence-corrected chi connectivity index (χ0v) is 9.63. The minimum absolute atomic E-state index is 0.0710. The molecule has 2 aliphatic heterocycles. The molecule has 0 saturated carbocycles. The molecule has 6 heteroatoms. The zero-order valence-electron chi connectivity index (χ0n) is 9.63. The highest BCUT2D eigenvalue weighted by Gasteiger charge is 2.34. The molecule has 2 aliphatic rings. The first-order valence-corrected chi connectivity index (χ1v) is 5.90. The number of ether oxygens (including phenoxy) is 2. The van der Waals surface area contributed by atoms with E-state index in [4.69, 9.17) is 14.6 Å². The fourth-order valence-corrected chi connectivity index (χ4v) is 2.27. The lowest BCUT2D eigenvalue weighted by atomic mass is 10.1. The molecule has 0 aliphatic carbocycles. The molecule has 0 aromatic rings. The molecule has 17 heavy (non-hydrogen) atoms. The molecule has 1 N–H and O–H groups in total. The van der Waals surface area contributed by atoms with Crippen LogP contribution in [0.4, 0.5) is 0 Å².